The number of nitrogens with zero attached hydrogens (tertiary/aromatic N) is 2. The monoisotopic (exact) mass is 730 g/mol. The molecular weight excluding hydrogens is 683 g/mol. The van der Waals surface area contributed by atoms with Crippen LogP contribution in [0.25, 0.3) is 22.3 Å². The van der Waals surface area contributed by atoms with E-state index in [4.69, 9.17) is 9.31 Å². The molecule has 0 radical (unpaired) electrons. The van der Waals surface area contributed by atoms with E-state index in [1.54, 1.807) is 0 Å². The largest absolute Gasteiger partial charge is 0.494 e. The van der Waals surface area contributed by atoms with Gasteiger partial charge in [-0.15, -0.1) is 0 Å². The summed E-state index contributed by atoms with van der Waals surface area (Å²) in [6.45, 7) is 13.1. The Kier molecular flexibility index (Phi) is 8.76. The van der Waals surface area contributed by atoms with Crippen LogP contribution in [0.3, 0.4) is 0 Å². The minimum atomic E-state index is -0.452. The van der Waals surface area contributed by atoms with Gasteiger partial charge in [-0.2, -0.15) is 0 Å². The van der Waals surface area contributed by atoms with Crippen LogP contribution in [0.2, 0.25) is 0 Å². The molecule has 2 heterocycles. The molecule has 7 aromatic carbocycles. The molecule has 0 aliphatic carbocycles. The lowest BCUT2D eigenvalue weighted by Crippen LogP contribution is -2.41. The van der Waals surface area contributed by atoms with E-state index in [2.05, 4.69) is 227 Å². The number of benzene rings is 7. The van der Waals surface area contributed by atoms with E-state index in [1.807, 2.05) is 0 Å². The molecule has 1 saturated heterocycles. The molecule has 1 fully saturated rings. The first-order chi connectivity index (χ1) is 27.0. The topological polar surface area (TPSA) is 24.9 Å². The molecule has 0 saturated carbocycles. The second-order valence-corrected chi connectivity index (χ2v) is 16.5. The molecule has 0 bridgehead atoms. The number of hydrogen-bond donors (Lipinski definition) is 0. The van der Waals surface area contributed by atoms with Gasteiger partial charge in [-0.3, -0.25) is 0 Å². The van der Waals surface area contributed by atoms with E-state index in [-0.39, 0.29) is 5.41 Å². The van der Waals surface area contributed by atoms with Crippen molar-refractivity contribution < 1.29 is 9.31 Å². The number of anilines is 6. The van der Waals surface area contributed by atoms with Crippen molar-refractivity contribution in [1.29, 1.82) is 0 Å². The van der Waals surface area contributed by atoms with Crippen molar-refractivity contribution >= 4 is 46.7 Å². The minimum absolute atomic E-state index is 0.356. The van der Waals surface area contributed by atoms with Crippen LogP contribution in [-0.4, -0.2) is 18.3 Å². The smallest absolute Gasteiger partial charge is 0.399 e. The van der Waals surface area contributed by atoms with Crippen LogP contribution in [0.1, 0.15) is 52.7 Å². The van der Waals surface area contributed by atoms with Crippen LogP contribution in [0.5, 0.6) is 0 Å². The van der Waals surface area contributed by atoms with E-state index in [0.29, 0.717) is 0 Å². The molecule has 0 spiro atoms. The Bertz CT molecular complexity index is 2400. The van der Waals surface area contributed by atoms with Crippen LogP contribution < -0.4 is 15.3 Å². The average Bonchev–Trinajstić information content (AvgIpc) is 3.45. The van der Waals surface area contributed by atoms with Crippen LogP contribution in [0, 0.1) is 0 Å². The molecule has 5 heteroatoms. The highest BCUT2D eigenvalue weighted by Crippen LogP contribution is 2.53. The standard InChI is InChI=1S/C51H47BN2O2/c1-49(2)45-34-40(52-55-50(3,4)51(5,6)56-52)26-32-47(45)54(41-20-14-9-15-21-41)48-33-31-44(35-46(48)49)53(42-27-22-38(23-28-42)36-16-10-7-11-17-36)43-29-24-39(25-30-43)37-18-12-8-13-19-37/h7-35H,1-6H3. The van der Waals surface area contributed by atoms with Gasteiger partial charge in [0.15, 0.2) is 0 Å². The van der Waals surface area contributed by atoms with Crippen molar-refractivity contribution in [3.05, 3.63) is 187 Å². The third-order valence-corrected chi connectivity index (χ3v) is 12.1. The fourth-order valence-corrected chi connectivity index (χ4v) is 8.18. The molecule has 0 atom stereocenters. The van der Waals surface area contributed by atoms with Gasteiger partial charge in [-0.05, 0) is 127 Å². The molecular formula is C51H47BN2O2. The fourth-order valence-electron chi connectivity index (χ4n) is 8.18. The maximum atomic E-state index is 6.57. The Morgan fingerprint density at radius 1 is 0.429 bits per heavy atom. The van der Waals surface area contributed by atoms with E-state index in [1.165, 1.54) is 39.1 Å². The molecule has 4 nitrogen and oxygen atoms in total. The summed E-state index contributed by atoms with van der Waals surface area (Å²) in [6.07, 6.45) is 0. The second kappa shape index (κ2) is 13.7. The van der Waals surface area contributed by atoms with Gasteiger partial charge in [0.25, 0.3) is 0 Å². The SMILES string of the molecule is CC1(C)c2cc(B3OC(C)(C)C(C)(C)O3)ccc2N(c2ccccc2)c2ccc(N(c3ccc(-c4ccccc4)cc3)c3ccc(-c4ccccc4)cc3)cc21. The lowest BCUT2D eigenvalue weighted by Gasteiger charge is -2.43. The van der Waals surface area contributed by atoms with Gasteiger partial charge in [0, 0.05) is 28.2 Å². The quantitative estimate of drug-likeness (QED) is 0.153. The first-order valence-corrected chi connectivity index (χ1v) is 19.6. The van der Waals surface area contributed by atoms with Crippen molar-refractivity contribution in [2.45, 2.75) is 58.2 Å². The zero-order valence-corrected chi connectivity index (χ0v) is 33.0. The first kappa shape index (κ1) is 35.8. The van der Waals surface area contributed by atoms with Crippen LogP contribution in [0.15, 0.2) is 176 Å². The zero-order valence-electron chi connectivity index (χ0n) is 33.0. The normalized spacial score (nSPS) is 16.2. The van der Waals surface area contributed by atoms with Crippen LogP contribution in [-0.2, 0) is 14.7 Å². The highest BCUT2D eigenvalue weighted by molar-refractivity contribution is 6.62. The van der Waals surface area contributed by atoms with Crippen molar-refractivity contribution in [3.8, 4) is 22.3 Å². The molecule has 7 aromatic rings. The van der Waals surface area contributed by atoms with E-state index in [9.17, 15) is 0 Å². The highest BCUT2D eigenvalue weighted by Gasteiger charge is 2.52. The maximum Gasteiger partial charge on any atom is 0.494 e. The second-order valence-electron chi connectivity index (χ2n) is 16.5. The summed E-state index contributed by atoms with van der Waals surface area (Å²) in [5.41, 5.74) is 13.8. The summed E-state index contributed by atoms with van der Waals surface area (Å²) in [4.78, 5) is 4.78. The molecule has 56 heavy (non-hydrogen) atoms. The molecule has 0 unspecified atom stereocenters. The fraction of sp³-hybridized carbons (Fsp3) is 0.176. The lowest BCUT2D eigenvalue weighted by atomic mass is 9.69. The van der Waals surface area contributed by atoms with Crippen molar-refractivity contribution in [3.63, 3.8) is 0 Å². The summed E-state index contributed by atoms with van der Waals surface area (Å²) in [5.74, 6) is 0. The predicted molar refractivity (Wildman–Crippen MR) is 235 cm³/mol. The van der Waals surface area contributed by atoms with Gasteiger partial charge in [0.1, 0.15) is 0 Å². The Balaban J connectivity index is 1.18. The van der Waals surface area contributed by atoms with Crippen molar-refractivity contribution in [1.82, 2.24) is 0 Å². The van der Waals surface area contributed by atoms with E-state index < -0.39 is 18.3 Å². The van der Waals surface area contributed by atoms with E-state index in [0.717, 1.165) is 33.9 Å². The Morgan fingerprint density at radius 3 is 1.34 bits per heavy atom. The Morgan fingerprint density at radius 2 is 0.839 bits per heavy atom. The Labute approximate surface area is 332 Å². The number of fused-ring (bicyclic) bond motifs is 2. The minimum Gasteiger partial charge on any atom is -0.399 e. The third kappa shape index (κ3) is 6.22. The van der Waals surface area contributed by atoms with Gasteiger partial charge in [-0.1, -0.05) is 129 Å². The summed E-state index contributed by atoms with van der Waals surface area (Å²) < 4.78 is 13.1. The Hall–Kier alpha value is -5.88. The molecule has 0 N–H and O–H groups in total. The zero-order chi connectivity index (χ0) is 38.7. The van der Waals surface area contributed by atoms with Crippen molar-refractivity contribution in [2.24, 2.45) is 0 Å². The predicted octanol–water partition coefficient (Wildman–Crippen LogP) is 12.9. The molecule has 0 amide bonds. The summed E-state index contributed by atoms with van der Waals surface area (Å²) in [6, 6.07) is 63.4. The van der Waals surface area contributed by atoms with Crippen LogP contribution >= 0.6 is 0 Å². The molecule has 276 valence electrons. The van der Waals surface area contributed by atoms with Gasteiger partial charge < -0.3 is 19.1 Å². The average molecular weight is 731 g/mol. The van der Waals surface area contributed by atoms with Crippen molar-refractivity contribution in [2.75, 3.05) is 9.80 Å². The first-order valence-electron chi connectivity index (χ1n) is 19.6. The summed E-state index contributed by atoms with van der Waals surface area (Å²) in [7, 11) is -0.452. The number of para-hydroxylation sites is 1. The maximum absolute atomic E-state index is 6.57. The molecule has 0 aromatic heterocycles. The lowest BCUT2D eigenvalue weighted by molar-refractivity contribution is 0.00578. The van der Waals surface area contributed by atoms with Gasteiger partial charge in [0.05, 0.1) is 22.6 Å². The number of hydrogen-bond acceptors (Lipinski definition) is 4. The van der Waals surface area contributed by atoms with Crippen LogP contribution in [0.4, 0.5) is 34.1 Å². The van der Waals surface area contributed by atoms with Gasteiger partial charge in [-0.25, -0.2) is 0 Å². The van der Waals surface area contributed by atoms with Gasteiger partial charge in [0.2, 0.25) is 0 Å². The van der Waals surface area contributed by atoms with E-state index >= 15 is 0 Å². The number of rotatable bonds is 7. The third-order valence-electron chi connectivity index (χ3n) is 12.1. The van der Waals surface area contributed by atoms with Gasteiger partial charge >= 0.3 is 7.12 Å². The molecule has 9 rings (SSSR count). The molecule has 2 aliphatic heterocycles. The summed E-state index contributed by atoms with van der Waals surface area (Å²) >= 11 is 0. The summed E-state index contributed by atoms with van der Waals surface area (Å²) in [5, 5.41) is 0. The highest BCUT2D eigenvalue weighted by atomic mass is 16.7. The molecule has 2 aliphatic rings.